The van der Waals surface area contributed by atoms with Crippen LogP contribution in [-0.2, 0) is 4.79 Å². The number of carbonyl (C=O) groups is 1. The predicted molar refractivity (Wildman–Crippen MR) is 76.8 cm³/mol. The summed E-state index contributed by atoms with van der Waals surface area (Å²) in [6, 6.07) is 7.78. The molecule has 1 atom stereocenters. The molecule has 1 nitrogen and oxygen atoms in total. The van der Waals surface area contributed by atoms with Crippen LogP contribution in [0.2, 0.25) is 5.02 Å². The number of halogens is 1. The molecule has 94 valence electrons. The number of hydrogen-bond acceptors (Lipinski definition) is 2. The van der Waals surface area contributed by atoms with Gasteiger partial charge in [0.05, 0.1) is 0 Å². The minimum atomic E-state index is 0.139. The lowest BCUT2D eigenvalue weighted by Crippen LogP contribution is -2.13. The first-order valence-electron chi connectivity index (χ1n) is 5.70. The molecule has 0 aliphatic carbocycles. The fourth-order valence-electron chi connectivity index (χ4n) is 1.59. The van der Waals surface area contributed by atoms with Crippen LogP contribution < -0.4 is 0 Å². The Morgan fingerprint density at radius 2 is 1.82 bits per heavy atom. The smallest absolute Gasteiger partial charge is 0.131 e. The maximum absolute atomic E-state index is 11.3. The number of rotatable bonds is 4. The summed E-state index contributed by atoms with van der Waals surface area (Å²) in [4.78, 5) is 11.3. The van der Waals surface area contributed by atoms with Gasteiger partial charge in [0.2, 0.25) is 0 Å². The van der Waals surface area contributed by atoms with Gasteiger partial charge in [-0.05, 0) is 24.6 Å². The molecule has 17 heavy (non-hydrogen) atoms. The summed E-state index contributed by atoms with van der Waals surface area (Å²) >= 11 is 7.71. The van der Waals surface area contributed by atoms with Gasteiger partial charge >= 0.3 is 0 Å². The molecule has 0 aromatic heterocycles. The van der Waals surface area contributed by atoms with Gasteiger partial charge in [0.1, 0.15) is 5.78 Å². The molecule has 0 unspecified atom stereocenters. The Hall–Kier alpha value is -0.470. The van der Waals surface area contributed by atoms with Gasteiger partial charge in [-0.15, -0.1) is 11.8 Å². The van der Waals surface area contributed by atoms with E-state index >= 15 is 0 Å². The van der Waals surface area contributed by atoms with Gasteiger partial charge in [-0.25, -0.2) is 0 Å². The molecular weight excluding hydrogens is 252 g/mol. The third kappa shape index (κ3) is 5.60. The standard InChI is InChI=1S/C14H19ClOS/c1-10(16)9-13(17-14(2,3)4)11-5-7-12(15)8-6-11/h5-8,13H,9H2,1-4H3/t13-/m1/s1. The van der Waals surface area contributed by atoms with E-state index in [9.17, 15) is 4.79 Å². The highest BCUT2D eigenvalue weighted by Crippen LogP contribution is 2.40. The topological polar surface area (TPSA) is 17.1 Å². The summed E-state index contributed by atoms with van der Waals surface area (Å²) in [5.74, 6) is 0.224. The summed E-state index contributed by atoms with van der Waals surface area (Å²) in [5.41, 5.74) is 1.17. The molecule has 1 aromatic carbocycles. The van der Waals surface area contributed by atoms with E-state index < -0.39 is 0 Å². The van der Waals surface area contributed by atoms with Crippen molar-refractivity contribution in [1.82, 2.24) is 0 Å². The average molecular weight is 271 g/mol. The van der Waals surface area contributed by atoms with Crippen LogP contribution in [0.5, 0.6) is 0 Å². The fourth-order valence-corrected chi connectivity index (χ4v) is 3.18. The van der Waals surface area contributed by atoms with Crippen LogP contribution in [0.4, 0.5) is 0 Å². The molecule has 0 spiro atoms. The van der Waals surface area contributed by atoms with Crippen LogP contribution in [0.25, 0.3) is 0 Å². The van der Waals surface area contributed by atoms with Gasteiger partial charge in [0.25, 0.3) is 0 Å². The molecule has 0 heterocycles. The van der Waals surface area contributed by atoms with Crippen LogP contribution in [0.1, 0.15) is 44.9 Å². The van der Waals surface area contributed by atoms with Crippen LogP contribution in [0, 0.1) is 0 Å². The van der Waals surface area contributed by atoms with Crippen molar-refractivity contribution in [2.45, 2.75) is 44.1 Å². The van der Waals surface area contributed by atoms with E-state index in [2.05, 4.69) is 20.8 Å². The fraction of sp³-hybridized carbons (Fsp3) is 0.500. The molecule has 0 aliphatic heterocycles. The number of thioether (sulfide) groups is 1. The molecule has 1 rings (SSSR count). The molecule has 0 aliphatic rings. The lowest BCUT2D eigenvalue weighted by Gasteiger charge is -2.25. The van der Waals surface area contributed by atoms with E-state index in [1.165, 1.54) is 5.56 Å². The van der Waals surface area contributed by atoms with Crippen LogP contribution in [0.15, 0.2) is 24.3 Å². The number of carbonyl (C=O) groups excluding carboxylic acids is 1. The van der Waals surface area contributed by atoms with Crippen molar-refractivity contribution in [3.8, 4) is 0 Å². The summed E-state index contributed by atoms with van der Waals surface area (Å²) in [7, 11) is 0. The van der Waals surface area contributed by atoms with Gasteiger partial charge in [-0.3, -0.25) is 4.79 Å². The number of hydrogen-bond donors (Lipinski definition) is 0. The summed E-state index contributed by atoms with van der Waals surface area (Å²) in [6.07, 6.45) is 0.573. The molecule has 0 saturated heterocycles. The lowest BCUT2D eigenvalue weighted by atomic mass is 10.1. The Morgan fingerprint density at radius 1 is 1.29 bits per heavy atom. The van der Waals surface area contributed by atoms with Crippen molar-refractivity contribution in [3.63, 3.8) is 0 Å². The Morgan fingerprint density at radius 3 is 2.24 bits per heavy atom. The normalized spacial score (nSPS) is 13.5. The second kappa shape index (κ2) is 5.92. The molecule has 0 radical (unpaired) electrons. The quantitative estimate of drug-likeness (QED) is 0.775. The Bertz CT molecular complexity index is 378. The number of Topliss-reactive ketones (excluding diaryl/α,β-unsaturated/α-hetero) is 1. The predicted octanol–water partition coefficient (Wildman–Crippen LogP) is 4.89. The maximum atomic E-state index is 11.3. The Labute approximate surface area is 113 Å². The molecule has 0 saturated carbocycles. The first kappa shape index (κ1) is 14.6. The lowest BCUT2D eigenvalue weighted by molar-refractivity contribution is -0.117. The zero-order chi connectivity index (χ0) is 13.1. The largest absolute Gasteiger partial charge is 0.300 e. The highest BCUT2D eigenvalue weighted by Gasteiger charge is 2.22. The zero-order valence-corrected chi connectivity index (χ0v) is 12.4. The molecule has 0 bridgehead atoms. The van der Waals surface area contributed by atoms with E-state index in [0.717, 1.165) is 5.02 Å². The monoisotopic (exact) mass is 270 g/mol. The molecular formula is C14H19ClOS. The van der Waals surface area contributed by atoms with Gasteiger partial charge in [-0.2, -0.15) is 0 Å². The van der Waals surface area contributed by atoms with Crippen molar-refractivity contribution in [1.29, 1.82) is 0 Å². The first-order valence-corrected chi connectivity index (χ1v) is 6.96. The molecule has 3 heteroatoms. The highest BCUT2D eigenvalue weighted by molar-refractivity contribution is 8.00. The van der Waals surface area contributed by atoms with Crippen LogP contribution in [0.3, 0.4) is 0 Å². The summed E-state index contributed by atoms with van der Waals surface area (Å²) in [5, 5.41) is 0.945. The Balaban J connectivity index is 2.89. The third-order valence-electron chi connectivity index (χ3n) is 2.21. The second-order valence-corrected chi connectivity index (χ2v) is 7.64. The molecule has 1 aromatic rings. The van der Waals surface area contributed by atoms with Crippen molar-refractivity contribution in [2.75, 3.05) is 0 Å². The second-order valence-electron chi connectivity index (χ2n) is 5.18. The highest BCUT2D eigenvalue weighted by atomic mass is 35.5. The zero-order valence-electron chi connectivity index (χ0n) is 10.8. The van der Waals surface area contributed by atoms with Crippen molar-refractivity contribution < 1.29 is 4.79 Å². The van der Waals surface area contributed by atoms with Crippen molar-refractivity contribution in [3.05, 3.63) is 34.9 Å². The number of ketones is 1. The summed E-state index contributed by atoms with van der Waals surface area (Å²) in [6.45, 7) is 8.15. The van der Waals surface area contributed by atoms with E-state index in [1.54, 1.807) is 6.92 Å². The minimum absolute atomic E-state index is 0.139. The molecule has 0 fully saturated rings. The van der Waals surface area contributed by atoms with Crippen molar-refractivity contribution in [2.24, 2.45) is 0 Å². The van der Waals surface area contributed by atoms with Gasteiger partial charge in [0, 0.05) is 21.4 Å². The minimum Gasteiger partial charge on any atom is -0.300 e. The average Bonchev–Trinajstić information content (AvgIpc) is 2.14. The third-order valence-corrected chi connectivity index (χ3v) is 3.89. The van der Waals surface area contributed by atoms with E-state index in [1.807, 2.05) is 36.0 Å². The number of benzene rings is 1. The van der Waals surface area contributed by atoms with Gasteiger partial charge in [-0.1, -0.05) is 44.5 Å². The molecule has 0 amide bonds. The van der Waals surface area contributed by atoms with Gasteiger partial charge in [0.15, 0.2) is 0 Å². The first-order chi connectivity index (χ1) is 7.78. The van der Waals surface area contributed by atoms with Crippen LogP contribution in [-0.4, -0.2) is 10.5 Å². The van der Waals surface area contributed by atoms with Crippen LogP contribution >= 0.6 is 23.4 Å². The van der Waals surface area contributed by atoms with Crippen molar-refractivity contribution >= 4 is 29.1 Å². The van der Waals surface area contributed by atoms with E-state index in [4.69, 9.17) is 11.6 Å². The maximum Gasteiger partial charge on any atom is 0.131 e. The molecule has 0 N–H and O–H groups in total. The summed E-state index contributed by atoms with van der Waals surface area (Å²) < 4.78 is 0.139. The van der Waals surface area contributed by atoms with E-state index in [0.29, 0.717) is 6.42 Å². The Kier molecular flexibility index (Phi) is 5.08. The van der Waals surface area contributed by atoms with Gasteiger partial charge < -0.3 is 0 Å². The van der Waals surface area contributed by atoms with E-state index in [-0.39, 0.29) is 15.8 Å². The SMILES string of the molecule is CC(=O)C[C@@H](SC(C)(C)C)c1ccc(Cl)cc1.